The summed E-state index contributed by atoms with van der Waals surface area (Å²) in [6.07, 6.45) is 0.552. The molecule has 0 saturated heterocycles. The predicted octanol–water partition coefficient (Wildman–Crippen LogP) is 5.21. The van der Waals surface area contributed by atoms with Crippen LogP contribution in [0.2, 0.25) is 0 Å². The fourth-order valence-electron chi connectivity index (χ4n) is 3.04. The van der Waals surface area contributed by atoms with Crippen LogP contribution in [0.15, 0.2) is 75.6 Å². The van der Waals surface area contributed by atoms with Crippen molar-refractivity contribution in [3.8, 4) is 5.75 Å². The van der Waals surface area contributed by atoms with Crippen LogP contribution in [0.1, 0.15) is 33.3 Å². The van der Waals surface area contributed by atoms with E-state index in [2.05, 4.69) is 21.0 Å². The summed E-state index contributed by atoms with van der Waals surface area (Å²) >= 11 is 4.83. The minimum Gasteiger partial charge on any atom is -0.508 e. The number of carbonyl (C=O) groups is 1. The summed E-state index contributed by atoms with van der Waals surface area (Å²) in [5.41, 5.74) is 2.50. The zero-order chi connectivity index (χ0) is 18.1. The molecule has 1 atom stereocenters. The van der Waals surface area contributed by atoms with Gasteiger partial charge in [-0.3, -0.25) is 4.79 Å². The minimum absolute atomic E-state index is 0.152. The Morgan fingerprint density at radius 2 is 1.88 bits per heavy atom. The molecule has 4 nitrogen and oxygen atoms in total. The zero-order valence-electron chi connectivity index (χ0n) is 13.7. The number of hydrogen-bond acceptors (Lipinski definition) is 4. The number of halogens is 1. The second-order valence-corrected chi connectivity index (χ2v) is 7.82. The SMILES string of the molecule is O=C(c1cccs1)N1N=C(c2ccc(Br)cc2)C[C@@H]1c1ccccc1O. The molecule has 1 aromatic heterocycles. The van der Waals surface area contributed by atoms with E-state index < -0.39 is 0 Å². The number of rotatable bonds is 3. The van der Waals surface area contributed by atoms with Crippen LogP contribution in [0.4, 0.5) is 0 Å². The van der Waals surface area contributed by atoms with Gasteiger partial charge in [0.1, 0.15) is 5.75 Å². The molecule has 0 saturated carbocycles. The van der Waals surface area contributed by atoms with Crippen molar-refractivity contribution < 1.29 is 9.90 Å². The second-order valence-electron chi connectivity index (χ2n) is 5.96. The topological polar surface area (TPSA) is 52.9 Å². The van der Waals surface area contributed by atoms with Gasteiger partial charge >= 0.3 is 0 Å². The Kier molecular flexibility index (Phi) is 4.61. The molecule has 1 amide bonds. The van der Waals surface area contributed by atoms with Crippen LogP contribution in [0.5, 0.6) is 5.75 Å². The average molecular weight is 427 g/mol. The Balaban J connectivity index is 1.75. The summed E-state index contributed by atoms with van der Waals surface area (Å²) in [6.45, 7) is 0. The Labute approximate surface area is 163 Å². The van der Waals surface area contributed by atoms with Crippen molar-refractivity contribution in [2.75, 3.05) is 0 Å². The monoisotopic (exact) mass is 426 g/mol. The van der Waals surface area contributed by atoms with Gasteiger partial charge < -0.3 is 5.11 Å². The lowest BCUT2D eigenvalue weighted by Crippen LogP contribution is -2.26. The van der Waals surface area contributed by atoms with Gasteiger partial charge in [0.05, 0.1) is 16.6 Å². The number of aromatic hydroxyl groups is 1. The largest absolute Gasteiger partial charge is 0.508 e. The maximum atomic E-state index is 13.0. The Morgan fingerprint density at radius 1 is 1.12 bits per heavy atom. The van der Waals surface area contributed by atoms with Gasteiger partial charge in [-0.25, -0.2) is 5.01 Å². The molecular formula is C20H15BrN2O2S. The predicted molar refractivity (Wildman–Crippen MR) is 107 cm³/mol. The lowest BCUT2D eigenvalue weighted by Gasteiger charge is -2.22. The number of nitrogens with zero attached hydrogens (tertiary/aromatic N) is 2. The van der Waals surface area contributed by atoms with E-state index in [4.69, 9.17) is 0 Å². The molecule has 2 heterocycles. The summed E-state index contributed by atoms with van der Waals surface area (Å²) in [7, 11) is 0. The van der Waals surface area contributed by atoms with Gasteiger partial charge in [0.25, 0.3) is 5.91 Å². The fourth-order valence-corrected chi connectivity index (χ4v) is 3.96. The van der Waals surface area contributed by atoms with Crippen LogP contribution < -0.4 is 0 Å². The first kappa shape index (κ1) is 17.0. The minimum atomic E-state index is -0.329. The van der Waals surface area contributed by atoms with E-state index in [0.29, 0.717) is 16.9 Å². The van der Waals surface area contributed by atoms with Crippen molar-refractivity contribution >= 4 is 38.9 Å². The van der Waals surface area contributed by atoms with E-state index in [-0.39, 0.29) is 17.7 Å². The second kappa shape index (κ2) is 7.05. The molecule has 0 spiro atoms. The molecule has 0 bridgehead atoms. The van der Waals surface area contributed by atoms with Crippen LogP contribution >= 0.6 is 27.3 Å². The standard InChI is InChI=1S/C20H15BrN2O2S/c21-14-9-7-13(8-10-14)16-12-17(15-4-1-2-5-18(15)24)23(22-16)20(25)19-6-3-11-26-19/h1-11,17,24H,12H2/t17-/m1/s1. The van der Waals surface area contributed by atoms with Gasteiger partial charge in [-0.2, -0.15) is 5.10 Å². The van der Waals surface area contributed by atoms with Crippen molar-refractivity contribution in [2.24, 2.45) is 5.10 Å². The lowest BCUT2D eigenvalue weighted by atomic mass is 9.97. The number of phenolic OH excluding ortho intramolecular Hbond substituents is 1. The van der Waals surface area contributed by atoms with Gasteiger partial charge in [0.15, 0.2) is 0 Å². The number of para-hydroxylation sites is 1. The number of amides is 1. The summed E-state index contributed by atoms with van der Waals surface area (Å²) in [6, 6.07) is 18.3. The van der Waals surface area contributed by atoms with Gasteiger partial charge in [0.2, 0.25) is 0 Å². The van der Waals surface area contributed by atoms with Crippen molar-refractivity contribution in [1.82, 2.24) is 5.01 Å². The third-order valence-corrected chi connectivity index (χ3v) is 5.71. The van der Waals surface area contributed by atoms with Crippen molar-refractivity contribution in [1.29, 1.82) is 0 Å². The Bertz CT molecular complexity index is 968. The third-order valence-electron chi connectivity index (χ3n) is 4.32. The molecule has 3 aromatic rings. The van der Waals surface area contributed by atoms with Crippen LogP contribution in [-0.4, -0.2) is 21.7 Å². The summed E-state index contributed by atoms with van der Waals surface area (Å²) < 4.78 is 0.989. The van der Waals surface area contributed by atoms with Crippen LogP contribution in [0, 0.1) is 0 Å². The molecule has 1 aliphatic rings. The highest BCUT2D eigenvalue weighted by molar-refractivity contribution is 9.10. The average Bonchev–Trinajstić information content (AvgIpc) is 3.32. The molecule has 0 fully saturated rings. The molecule has 0 aliphatic carbocycles. The maximum absolute atomic E-state index is 13.0. The lowest BCUT2D eigenvalue weighted by molar-refractivity contribution is 0.0714. The highest BCUT2D eigenvalue weighted by Crippen LogP contribution is 2.38. The van der Waals surface area contributed by atoms with E-state index in [1.54, 1.807) is 18.2 Å². The first-order chi connectivity index (χ1) is 12.6. The molecule has 6 heteroatoms. The molecule has 4 rings (SSSR count). The third kappa shape index (κ3) is 3.18. The highest BCUT2D eigenvalue weighted by Gasteiger charge is 2.35. The number of hydrogen-bond donors (Lipinski definition) is 1. The summed E-state index contributed by atoms with van der Waals surface area (Å²) in [4.78, 5) is 13.6. The molecule has 26 heavy (non-hydrogen) atoms. The van der Waals surface area contributed by atoms with Gasteiger partial charge in [-0.15, -0.1) is 11.3 Å². The highest BCUT2D eigenvalue weighted by atomic mass is 79.9. The molecule has 1 N–H and O–H groups in total. The molecule has 0 unspecified atom stereocenters. The normalized spacial score (nSPS) is 16.6. The van der Waals surface area contributed by atoms with E-state index in [0.717, 1.165) is 15.7 Å². The van der Waals surface area contributed by atoms with Gasteiger partial charge in [0, 0.05) is 16.5 Å². The number of carbonyl (C=O) groups excluding carboxylic acids is 1. The molecule has 0 radical (unpaired) electrons. The number of phenols is 1. The van der Waals surface area contributed by atoms with Crippen LogP contribution in [0.25, 0.3) is 0 Å². The number of thiophene rings is 1. The summed E-state index contributed by atoms with van der Waals surface area (Å²) in [5, 5.41) is 18.3. The molecule has 2 aromatic carbocycles. The quantitative estimate of drug-likeness (QED) is 0.624. The van der Waals surface area contributed by atoms with Crippen LogP contribution in [0.3, 0.4) is 0 Å². The van der Waals surface area contributed by atoms with Crippen LogP contribution in [-0.2, 0) is 0 Å². The molecule has 130 valence electrons. The Hall–Kier alpha value is -2.44. The van der Waals surface area contributed by atoms with E-state index in [1.165, 1.54) is 16.3 Å². The molecule has 1 aliphatic heterocycles. The molecular weight excluding hydrogens is 412 g/mol. The first-order valence-electron chi connectivity index (χ1n) is 8.12. The van der Waals surface area contributed by atoms with Crippen molar-refractivity contribution in [2.45, 2.75) is 12.5 Å². The number of benzene rings is 2. The Morgan fingerprint density at radius 3 is 2.58 bits per heavy atom. The van der Waals surface area contributed by atoms with Crippen molar-refractivity contribution in [3.63, 3.8) is 0 Å². The summed E-state index contributed by atoms with van der Waals surface area (Å²) in [5.74, 6) is 0.0223. The smallest absolute Gasteiger partial charge is 0.284 e. The van der Waals surface area contributed by atoms with E-state index >= 15 is 0 Å². The van der Waals surface area contributed by atoms with Crippen molar-refractivity contribution in [3.05, 3.63) is 86.5 Å². The zero-order valence-corrected chi connectivity index (χ0v) is 16.1. The maximum Gasteiger partial charge on any atom is 0.284 e. The first-order valence-corrected chi connectivity index (χ1v) is 9.79. The number of hydrazone groups is 1. The van der Waals surface area contributed by atoms with Gasteiger partial charge in [-0.1, -0.05) is 52.3 Å². The fraction of sp³-hybridized carbons (Fsp3) is 0.100. The van der Waals surface area contributed by atoms with E-state index in [1.807, 2.05) is 47.8 Å². The van der Waals surface area contributed by atoms with E-state index in [9.17, 15) is 9.90 Å². The van der Waals surface area contributed by atoms with Gasteiger partial charge in [-0.05, 0) is 35.2 Å².